The minimum absolute atomic E-state index is 0.0117. The number of hydrogen-bond donors (Lipinski definition) is 2. The van der Waals surface area contributed by atoms with E-state index in [0.717, 1.165) is 56.0 Å². The van der Waals surface area contributed by atoms with Crippen LogP contribution >= 0.6 is 0 Å². The standard InChI is InChI=1S/C40H37F3N8O3/c1-23-15-28(18-30-37(23)48-49-38(30)39(42)43)45-40(52)26-7-8-34-33(17-26)46-35(51(34)20-29-11-14-53-29)21-50-12-9-25(10-13-50)32-3-2-4-36(47-32)54-22-27-6-5-24(19-44)16-31(27)41/h2-8,15-18,25,29,39H,9-14,20-22H2,1H3,(H,45,52)(H,48,49)/t29-/m0/s1. The maximum absolute atomic E-state index is 14.4. The van der Waals surface area contributed by atoms with Gasteiger partial charge in [0.15, 0.2) is 0 Å². The Morgan fingerprint density at radius 3 is 2.67 bits per heavy atom. The number of aromatic amines is 1. The molecular formula is C40H37F3N8O3. The molecule has 6 aromatic rings. The van der Waals surface area contributed by atoms with Crippen LogP contribution in [0.2, 0.25) is 0 Å². The van der Waals surface area contributed by atoms with Gasteiger partial charge in [0.1, 0.15) is 23.9 Å². The second-order valence-corrected chi connectivity index (χ2v) is 13.9. The van der Waals surface area contributed by atoms with Gasteiger partial charge in [-0.25, -0.2) is 23.1 Å². The first-order valence-electron chi connectivity index (χ1n) is 17.9. The van der Waals surface area contributed by atoms with Gasteiger partial charge in [0, 0.05) is 46.5 Å². The van der Waals surface area contributed by atoms with Gasteiger partial charge in [0.2, 0.25) is 5.88 Å². The van der Waals surface area contributed by atoms with Gasteiger partial charge in [-0.1, -0.05) is 12.1 Å². The van der Waals surface area contributed by atoms with E-state index in [9.17, 15) is 18.0 Å². The number of alkyl halides is 2. The van der Waals surface area contributed by atoms with Crippen molar-refractivity contribution in [2.24, 2.45) is 0 Å². The third kappa shape index (κ3) is 7.24. The molecule has 2 fully saturated rings. The summed E-state index contributed by atoms with van der Waals surface area (Å²) in [6, 6.07) is 20.6. The van der Waals surface area contributed by atoms with Crippen LogP contribution in [0.5, 0.6) is 5.88 Å². The summed E-state index contributed by atoms with van der Waals surface area (Å²) in [5.74, 6) is 0.693. The van der Waals surface area contributed by atoms with Gasteiger partial charge in [-0.3, -0.25) is 14.8 Å². The lowest BCUT2D eigenvalue weighted by molar-refractivity contribution is -0.0592. The van der Waals surface area contributed by atoms with Crippen LogP contribution in [0.25, 0.3) is 21.9 Å². The Balaban J connectivity index is 0.944. The molecule has 8 rings (SSSR count). The number of imidazole rings is 1. The molecule has 11 nitrogen and oxygen atoms in total. The van der Waals surface area contributed by atoms with Crippen molar-refractivity contribution in [3.05, 3.63) is 112 Å². The highest BCUT2D eigenvalue weighted by molar-refractivity contribution is 6.07. The Morgan fingerprint density at radius 1 is 1.09 bits per heavy atom. The Morgan fingerprint density at radius 2 is 1.93 bits per heavy atom. The number of H-pyrrole nitrogens is 1. The molecular weight excluding hydrogens is 697 g/mol. The number of aryl methyl sites for hydroxylation is 1. The van der Waals surface area contributed by atoms with Crippen molar-refractivity contribution in [1.29, 1.82) is 5.26 Å². The van der Waals surface area contributed by atoms with Crippen LogP contribution in [0, 0.1) is 24.1 Å². The summed E-state index contributed by atoms with van der Waals surface area (Å²) in [6.07, 6.45) is 0.1000. The summed E-state index contributed by atoms with van der Waals surface area (Å²) in [7, 11) is 0. The fourth-order valence-electron chi connectivity index (χ4n) is 7.24. The molecule has 14 heteroatoms. The molecule has 0 saturated carbocycles. The van der Waals surface area contributed by atoms with Crippen LogP contribution < -0.4 is 10.1 Å². The Labute approximate surface area is 308 Å². The normalized spacial score (nSPS) is 16.5. The van der Waals surface area contributed by atoms with E-state index in [1.165, 1.54) is 12.1 Å². The number of piperidine rings is 1. The maximum Gasteiger partial charge on any atom is 0.282 e. The summed E-state index contributed by atoms with van der Waals surface area (Å²) in [5, 5.41) is 18.6. The van der Waals surface area contributed by atoms with E-state index in [2.05, 4.69) is 25.0 Å². The topological polar surface area (TPSA) is 134 Å². The van der Waals surface area contributed by atoms with Gasteiger partial charge in [-0.2, -0.15) is 10.4 Å². The van der Waals surface area contributed by atoms with Crippen LogP contribution in [0.1, 0.15) is 75.9 Å². The van der Waals surface area contributed by atoms with Gasteiger partial charge >= 0.3 is 0 Å². The van der Waals surface area contributed by atoms with Crippen LogP contribution in [0.15, 0.2) is 66.7 Å². The average Bonchev–Trinajstić information content (AvgIpc) is 3.74. The van der Waals surface area contributed by atoms with E-state index in [0.29, 0.717) is 52.4 Å². The monoisotopic (exact) mass is 734 g/mol. The lowest BCUT2D eigenvalue weighted by Gasteiger charge is -2.32. The Hall–Kier alpha value is -5.78. The number of aromatic nitrogens is 5. The van der Waals surface area contributed by atoms with Gasteiger partial charge in [0.05, 0.1) is 47.4 Å². The highest BCUT2D eigenvalue weighted by Crippen LogP contribution is 2.32. The van der Waals surface area contributed by atoms with Gasteiger partial charge < -0.3 is 19.4 Å². The summed E-state index contributed by atoms with van der Waals surface area (Å²) in [5.41, 5.74) is 4.80. The number of pyridine rings is 1. The second-order valence-electron chi connectivity index (χ2n) is 13.9. The molecule has 0 spiro atoms. The molecule has 2 aliphatic heterocycles. The van der Waals surface area contributed by atoms with E-state index in [-0.39, 0.29) is 41.2 Å². The summed E-state index contributed by atoms with van der Waals surface area (Å²) in [4.78, 5) is 25.6. The van der Waals surface area contributed by atoms with E-state index in [1.54, 1.807) is 43.3 Å². The third-order valence-electron chi connectivity index (χ3n) is 10.3. The zero-order chi connectivity index (χ0) is 37.3. The van der Waals surface area contributed by atoms with E-state index < -0.39 is 12.2 Å². The number of carbonyl (C=O) groups excluding carboxylic acids is 1. The number of halogens is 3. The van der Waals surface area contributed by atoms with Crippen molar-refractivity contribution in [2.45, 2.75) is 64.3 Å². The summed E-state index contributed by atoms with van der Waals surface area (Å²) < 4.78 is 55.2. The molecule has 276 valence electrons. The van der Waals surface area contributed by atoms with Crippen molar-refractivity contribution in [3.63, 3.8) is 0 Å². The maximum atomic E-state index is 14.4. The molecule has 0 radical (unpaired) electrons. The number of benzene rings is 3. The smallest absolute Gasteiger partial charge is 0.282 e. The fraction of sp³-hybridized carbons (Fsp3) is 0.325. The second kappa shape index (κ2) is 14.9. The summed E-state index contributed by atoms with van der Waals surface area (Å²) in [6.45, 7) is 5.47. The molecule has 2 saturated heterocycles. The van der Waals surface area contributed by atoms with Crippen LogP contribution in [0.4, 0.5) is 18.9 Å². The predicted octanol–water partition coefficient (Wildman–Crippen LogP) is 7.56. The molecule has 2 aliphatic rings. The van der Waals surface area contributed by atoms with E-state index >= 15 is 0 Å². The first-order chi connectivity index (χ1) is 26.2. The lowest BCUT2D eigenvalue weighted by atomic mass is 9.93. The lowest BCUT2D eigenvalue weighted by Crippen LogP contribution is -2.35. The average molecular weight is 735 g/mol. The van der Waals surface area contributed by atoms with E-state index in [1.807, 2.05) is 24.3 Å². The quantitative estimate of drug-likeness (QED) is 0.139. The minimum atomic E-state index is -2.75. The molecule has 0 unspecified atom stereocenters. The number of ether oxygens (including phenoxy) is 2. The largest absolute Gasteiger partial charge is 0.473 e. The number of amides is 1. The Bertz CT molecular complexity index is 2390. The fourth-order valence-corrected chi connectivity index (χ4v) is 7.24. The zero-order valence-corrected chi connectivity index (χ0v) is 29.5. The van der Waals surface area contributed by atoms with Gasteiger partial charge in [0.25, 0.3) is 12.3 Å². The number of likely N-dealkylation sites (tertiary alicyclic amines) is 1. The predicted molar refractivity (Wildman–Crippen MR) is 195 cm³/mol. The molecule has 3 aromatic carbocycles. The molecule has 0 aliphatic carbocycles. The summed E-state index contributed by atoms with van der Waals surface area (Å²) >= 11 is 0. The first-order valence-corrected chi connectivity index (χ1v) is 17.9. The van der Waals surface area contributed by atoms with Crippen molar-refractivity contribution in [1.82, 2.24) is 29.6 Å². The van der Waals surface area contributed by atoms with Crippen molar-refractivity contribution >= 4 is 33.5 Å². The zero-order valence-electron chi connectivity index (χ0n) is 29.5. The number of carbonyl (C=O) groups is 1. The van der Waals surface area contributed by atoms with Crippen molar-refractivity contribution in [3.8, 4) is 11.9 Å². The molecule has 0 bridgehead atoms. The number of anilines is 1. The van der Waals surface area contributed by atoms with Crippen molar-refractivity contribution < 1.29 is 27.4 Å². The van der Waals surface area contributed by atoms with Gasteiger partial charge in [-0.05, 0) is 93.4 Å². The number of fused-ring (bicyclic) bond motifs is 2. The first kappa shape index (κ1) is 35.3. The molecule has 2 N–H and O–H groups in total. The Kier molecular flexibility index (Phi) is 9.74. The molecule has 1 atom stereocenters. The van der Waals surface area contributed by atoms with Crippen molar-refractivity contribution in [2.75, 3.05) is 25.0 Å². The highest BCUT2D eigenvalue weighted by atomic mass is 19.3. The number of rotatable bonds is 11. The van der Waals surface area contributed by atoms with Crippen LogP contribution in [-0.4, -0.2) is 61.3 Å². The van der Waals surface area contributed by atoms with Crippen LogP contribution in [0.3, 0.4) is 0 Å². The number of nitrogens with zero attached hydrogens (tertiary/aromatic N) is 6. The number of nitriles is 1. The third-order valence-corrected chi connectivity index (χ3v) is 10.3. The van der Waals surface area contributed by atoms with Gasteiger partial charge in [-0.15, -0.1) is 0 Å². The number of hydrogen-bond acceptors (Lipinski definition) is 8. The molecule has 1 amide bonds. The highest BCUT2D eigenvalue weighted by Gasteiger charge is 2.27. The molecule has 5 heterocycles. The van der Waals surface area contributed by atoms with E-state index in [4.69, 9.17) is 24.7 Å². The van der Waals surface area contributed by atoms with Crippen LogP contribution in [-0.2, 0) is 24.4 Å². The minimum Gasteiger partial charge on any atom is -0.473 e. The number of nitrogens with one attached hydrogen (secondary N) is 2. The SMILES string of the molecule is Cc1cc(NC(=O)c2ccc3c(c2)nc(CN2CCC(c4cccc(OCc5ccc(C#N)cc5F)n4)CC2)n3C[C@@H]2CCO2)cc2c(C(F)F)n[nH]c12. The molecule has 3 aromatic heterocycles. The molecule has 54 heavy (non-hydrogen) atoms.